The van der Waals surface area contributed by atoms with E-state index in [-0.39, 0.29) is 23.8 Å². The Morgan fingerprint density at radius 2 is 1.66 bits per heavy atom. The van der Waals surface area contributed by atoms with Crippen molar-refractivity contribution < 1.29 is 5.11 Å². The molecular formula is C25H21ClN2O. The molecule has 0 saturated carbocycles. The van der Waals surface area contributed by atoms with Crippen LogP contribution in [0.4, 0.5) is 5.69 Å². The summed E-state index contributed by atoms with van der Waals surface area (Å²) < 4.78 is 0. The molecule has 0 radical (unpaired) electrons. The van der Waals surface area contributed by atoms with Crippen molar-refractivity contribution in [2.24, 2.45) is 4.99 Å². The summed E-state index contributed by atoms with van der Waals surface area (Å²) in [5, 5.41) is 10.5. The molecule has 4 heteroatoms. The molecule has 1 unspecified atom stereocenters. The fourth-order valence-electron chi connectivity index (χ4n) is 4.47. The van der Waals surface area contributed by atoms with Gasteiger partial charge in [-0.05, 0) is 66.1 Å². The number of rotatable bonds is 3. The predicted molar refractivity (Wildman–Crippen MR) is 120 cm³/mol. The minimum Gasteiger partial charge on any atom is -0.508 e. The van der Waals surface area contributed by atoms with Gasteiger partial charge in [-0.2, -0.15) is 0 Å². The number of aliphatic imine (C=N–C) groups is 1. The lowest BCUT2D eigenvalue weighted by Crippen LogP contribution is -2.40. The van der Waals surface area contributed by atoms with Crippen molar-refractivity contribution in [2.45, 2.75) is 24.9 Å². The average molecular weight is 401 g/mol. The molecule has 5 rings (SSSR count). The van der Waals surface area contributed by atoms with E-state index in [1.165, 1.54) is 5.56 Å². The highest BCUT2D eigenvalue weighted by molar-refractivity contribution is 6.31. The first-order valence-electron chi connectivity index (χ1n) is 9.80. The Hall–Kier alpha value is -3.04. The van der Waals surface area contributed by atoms with Crippen molar-refractivity contribution in [1.82, 2.24) is 0 Å². The zero-order valence-corrected chi connectivity index (χ0v) is 16.8. The molecule has 0 saturated heterocycles. The molecule has 144 valence electrons. The molecule has 3 nitrogen and oxygen atoms in total. The normalized spacial score (nSPS) is 20.8. The quantitative estimate of drug-likeness (QED) is 0.595. The van der Waals surface area contributed by atoms with Crippen LogP contribution in [0, 0.1) is 0 Å². The van der Waals surface area contributed by atoms with Gasteiger partial charge in [0.25, 0.3) is 0 Å². The molecule has 2 heterocycles. The standard InChI is InChI=1S/C25H21ClN2O/c1-16-25(27-23-14-9-19-15-20(26)10-13-22(19)28(16)23)24(17-5-3-2-4-6-17)18-7-11-21(29)12-8-18/h2-16,24-25,29H,1H3/t16-,24?,25-/m0/s1. The van der Waals surface area contributed by atoms with E-state index >= 15 is 0 Å². The Morgan fingerprint density at radius 1 is 0.931 bits per heavy atom. The number of aromatic hydroxyl groups is 1. The third-order valence-electron chi connectivity index (χ3n) is 5.84. The Balaban J connectivity index is 1.60. The summed E-state index contributed by atoms with van der Waals surface area (Å²) in [7, 11) is 0. The van der Waals surface area contributed by atoms with Crippen LogP contribution in [0.1, 0.15) is 29.5 Å². The summed E-state index contributed by atoms with van der Waals surface area (Å²) in [5.74, 6) is 1.35. The number of nitrogens with zero attached hydrogens (tertiary/aromatic N) is 2. The van der Waals surface area contributed by atoms with Gasteiger partial charge in [-0.3, -0.25) is 4.99 Å². The van der Waals surface area contributed by atoms with Crippen LogP contribution in [0.3, 0.4) is 0 Å². The predicted octanol–water partition coefficient (Wildman–Crippen LogP) is 5.88. The second-order valence-electron chi connectivity index (χ2n) is 7.60. The first-order chi connectivity index (χ1) is 14.1. The fraction of sp³-hybridized carbons (Fsp3) is 0.160. The van der Waals surface area contributed by atoms with Crippen molar-refractivity contribution in [3.8, 4) is 5.75 Å². The number of halogens is 1. The van der Waals surface area contributed by atoms with E-state index in [0.29, 0.717) is 0 Å². The van der Waals surface area contributed by atoms with Crippen molar-refractivity contribution in [3.05, 3.63) is 101 Å². The first-order valence-corrected chi connectivity index (χ1v) is 10.2. The van der Waals surface area contributed by atoms with E-state index in [1.807, 2.05) is 30.3 Å². The molecule has 3 atom stereocenters. The molecule has 0 amide bonds. The van der Waals surface area contributed by atoms with Gasteiger partial charge in [-0.1, -0.05) is 54.1 Å². The molecule has 0 fully saturated rings. The number of fused-ring (bicyclic) bond motifs is 3. The molecule has 2 aliphatic heterocycles. The van der Waals surface area contributed by atoms with Gasteiger partial charge in [0.05, 0.1) is 17.8 Å². The second kappa shape index (κ2) is 7.09. The molecule has 3 aromatic carbocycles. The highest BCUT2D eigenvalue weighted by Crippen LogP contribution is 2.41. The summed E-state index contributed by atoms with van der Waals surface area (Å²) in [4.78, 5) is 7.46. The van der Waals surface area contributed by atoms with Gasteiger partial charge in [-0.15, -0.1) is 0 Å². The summed E-state index contributed by atoms with van der Waals surface area (Å²) in [6, 6.07) is 24.2. The van der Waals surface area contributed by atoms with Gasteiger partial charge >= 0.3 is 0 Å². The monoisotopic (exact) mass is 400 g/mol. The van der Waals surface area contributed by atoms with Crippen LogP contribution in [-0.4, -0.2) is 23.0 Å². The zero-order chi connectivity index (χ0) is 20.0. The molecule has 29 heavy (non-hydrogen) atoms. The Bertz CT molecular complexity index is 1110. The van der Waals surface area contributed by atoms with Crippen molar-refractivity contribution in [2.75, 3.05) is 4.90 Å². The molecule has 2 aliphatic rings. The third-order valence-corrected chi connectivity index (χ3v) is 6.08. The Kier molecular flexibility index (Phi) is 4.40. The molecule has 0 aliphatic carbocycles. The van der Waals surface area contributed by atoms with E-state index < -0.39 is 0 Å². The van der Waals surface area contributed by atoms with Gasteiger partial charge in [0, 0.05) is 10.9 Å². The van der Waals surface area contributed by atoms with Crippen molar-refractivity contribution in [1.29, 1.82) is 0 Å². The molecule has 0 aromatic heterocycles. The van der Waals surface area contributed by atoms with Gasteiger partial charge in [-0.25, -0.2) is 0 Å². The first kappa shape index (κ1) is 18.0. The van der Waals surface area contributed by atoms with Crippen molar-refractivity contribution >= 4 is 29.2 Å². The van der Waals surface area contributed by atoms with Crippen LogP contribution < -0.4 is 4.90 Å². The summed E-state index contributed by atoms with van der Waals surface area (Å²) in [6.07, 6.45) is 4.16. The highest BCUT2D eigenvalue weighted by atomic mass is 35.5. The summed E-state index contributed by atoms with van der Waals surface area (Å²) >= 11 is 6.20. The lowest BCUT2D eigenvalue weighted by Gasteiger charge is -2.33. The highest BCUT2D eigenvalue weighted by Gasteiger charge is 2.40. The van der Waals surface area contributed by atoms with Gasteiger partial charge in [0.15, 0.2) is 0 Å². The largest absolute Gasteiger partial charge is 0.508 e. The summed E-state index contributed by atoms with van der Waals surface area (Å²) in [6.45, 7) is 2.23. The SMILES string of the molecule is C[C@H]1[C@@H](C(c2ccccc2)c2ccc(O)cc2)N=C2C=Cc3cc(Cl)ccc3N21. The lowest BCUT2D eigenvalue weighted by molar-refractivity contribution is 0.474. The second-order valence-corrected chi connectivity index (χ2v) is 8.04. The number of hydrogen-bond donors (Lipinski definition) is 1. The molecule has 3 aromatic rings. The molecular weight excluding hydrogens is 380 g/mol. The minimum absolute atomic E-state index is 0.0446. The van der Waals surface area contributed by atoms with Gasteiger partial charge in [0.2, 0.25) is 0 Å². The smallest absolute Gasteiger partial charge is 0.128 e. The fourth-order valence-corrected chi connectivity index (χ4v) is 4.66. The van der Waals surface area contributed by atoms with E-state index in [0.717, 1.165) is 27.7 Å². The molecule has 0 spiro atoms. The maximum absolute atomic E-state index is 9.77. The van der Waals surface area contributed by atoms with E-state index in [4.69, 9.17) is 16.6 Å². The van der Waals surface area contributed by atoms with E-state index in [1.54, 1.807) is 12.1 Å². The minimum atomic E-state index is 0.0446. The van der Waals surface area contributed by atoms with Crippen LogP contribution in [0.25, 0.3) is 6.08 Å². The van der Waals surface area contributed by atoms with E-state index in [2.05, 4.69) is 54.3 Å². The number of hydrogen-bond acceptors (Lipinski definition) is 3. The molecule has 1 N–H and O–H groups in total. The zero-order valence-electron chi connectivity index (χ0n) is 16.0. The number of amidine groups is 1. The maximum Gasteiger partial charge on any atom is 0.128 e. The van der Waals surface area contributed by atoms with Crippen LogP contribution >= 0.6 is 11.6 Å². The number of anilines is 1. The van der Waals surface area contributed by atoms with Crippen molar-refractivity contribution in [3.63, 3.8) is 0 Å². The Morgan fingerprint density at radius 3 is 2.41 bits per heavy atom. The topological polar surface area (TPSA) is 35.8 Å². The van der Waals surface area contributed by atoms with Gasteiger partial charge < -0.3 is 10.0 Å². The average Bonchev–Trinajstić information content (AvgIpc) is 3.07. The Labute approximate surface area is 175 Å². The van der Waals surface area contributed by atoms with Crippen LogP contribution in [0.15, 0.2) is 83.9 Å². The number of benzene rings is 3. The molecule has 0 bridgehead atoms. The van der Waals surface area contributed by atoms with E-state index in [9.17, 15) is 5.11 Å². The van der Waals surface area contributed by atoms with Crippen LogP contribution in [-0.2, 0) is 0 Å². The van der Waals surface area contributed by atoms with Crippen LogP contribution in [0.5, 0.6) is 5.75 Å². The third kappa shape index (κ3) is 3.12. The maximum atomic E-state index is 9.77. The van der Waals surface area contributed by atoms with Gasteiger partial charge in [0.1, 0.15) is 11.6 Å². The summed E-state index contributed by atoms with van der Waals surface area (Å²) in [5.41, 5.74) is 4.63. The number of phenols is 1. The lowest BCUT2D eigenvalue weighted by atomic mass is 9.82. The number of phenolic OH excluding ortho intramolecular Hbond substituents is 1. The van der Waals surface area contributed by atoms with Crippen LogP contribution in [0.2, 0.25) is 5.02 Å².